The maximum atomic E-state index is 11.9. The van der Waals surface area contributed by atoms with Crippen LogP contribution < -0.4 is 10.5 Å². The summed E-state index contributed by atoms with van der Waals surface area (Å²) in [5.74, 6) is 0.496. The average Bonchev–Trinajstić information content (AvgIpc) is 2.47. The van der Waals surface area contributed by atoms with Gasteiger partial charge in [-0.25, -0.2) is 9.78 Å². The Morgan fingerprint density at radius 1 is 1.30 bits per heavy atom. The summed E-state index contributed by atoms with van der Waals surface area (Å²) in [6.07, 6.45) is 1.56. The van der Waals surface area contributed by atoms with Gasteiger partial charge in [-0.1, -0.05) is 18.2 Å². The number of carbonyl (C=O) groups is 1. The predicted molar refractivity (Wildman–Crippen MR) is 76.6 cm³/mol. The Hall–Kier alpha value is -2.56. The maximum Gasteiger partial charge on any atom is 0.338 e. The van der Waals surface area contributed by atoms with Gasteiger partial charge in [0.2, 0.25) is 0 Å². The molecule has 20 heavy (non-hydrogen) atoms. The van der Waals surface area contributed by atoms with Crippen molar-refractivity contribution in [2.75, 3.05) is 19.5 Å². The lowest BCUT2D eigenvalue weighted by Crippen LogP contribution is -2.06. The van der Waals surface area contributed by atoms with Gasteiger partial charge < -0.3 is 15.2 Å². The number of nitrogens with two attached hydrogens (primary N) is 1. The number of carbonyl (C=O) groups excluding carboxylic acids is 1. The summed E-state index contributed by atoms with van der Waals surface area (Å²) in [5.41, 5.74) is 7.43. The van der Waals surface area contributed by atoms with Crippen molar-refractivity contribution in [2.45, 2.75) is 6.92 Å². The van der Waals surface area contributed by atoms with Crippen LogP contribution in [-0.2, 0) is 4.74 Å². The van der Waals surface area contributed by atoms with E-state index in [2.05, 4.69) is 4.98 Å². The summed E-state index contributed by atoms with van der Waals surface area (Å²) in [6.45, 7) is 2.44. The third-order valence-electron chi connectivity index (χ3n) is 2.81. The molecule has 2 rings (SSSR count). The van der Waals surface area contributed by atoms with Crippen LogP contribution in [0.3, 0.4) is 0 Å². The second-order valence-electron chi connectivity index (χ2n) is 4.08. The monoisotopic (exact) mass is 272 g/mol. The molecule has 2 aromatic rings. The van der Waals surface area contributed by atoms with Gasteiger partial charge in [0.1, 0.15) is 11.6 Å². The molecule has 0 bridgehead atoms. The third-order valence-corrected chi connectivity index (χ3v) is 2.81. The van der Waals surface area contributed by atoms with E-state index in [1.54, 1.807) is 6.20 Å². The van der Waals surface area contributed by atoms with Gasteiger partial charge in [-0.3, -0.25) is 0 Å². The minimum atomic E-state index is -0.458. The van der Waals surface area contributed by atoms with Crippen molar-refractivity contribution in [3.63, 3.8) is 0 Å². The third kappa shape index (κ3) is 2.71. The SMILES string of the molecule is CCOc1ccccc1-c1cnc(N)cc1C(=O)OC. The number of esters is 1. The lowest BCUT2D eigenvalue weighted by Gasteiger charge is -2.13. The first-order valence-corrected chi connectivity index (χ1v) is 6.23. The van der Waals surface area contributed by atoms with E-state index in [4.69, 9.17) is 15.2 Å². The van der Waals surface area contributed by atoms with E-state index >= 15 is 0 Å². The number of hydrogen-bond donors (Lipinski definition) is 1. The molecule has 0 atom stereocenters. The number of pyridine rings is 1. The van der Waals surface area contributed by atoms with E-state index in [-0.39, 0.29) is 5.82 Å². The second kappa shape index (κ2) is 6.06. The molecular weight excluding hydrogens is 256 g/mol. The molecule has 104 valence electrons. The normalized spacial score (nSPS) is 10.1. The average molecular weight is 272 g/mol. The van der Waals surface area contributed by atoms with Crippen molar-refractivity contribution in [3.8, 4) is 16.9 Å². The maximum absolute atomic E-state index is 11.9. The zero-order valence-electron chi connectivity index (χ0n) is 11.4. The van der Waals surface area contributed by atoms with Crippen molar-refractivity contribution in [2.24, 2.45) is 0 Å². The van der Waals surface area contributed by atoms with Crippen molar-refractivity contribution in [1.29, 1.82) is 0 Å². The van der Waals surface area contributed by atoms with E-state index < -0.39 is 5.97 Å². The summed E-state index contributed by atoms with van der Waals surface area (Å²) >= 11 is 0. The number of hydrogen-bond acceptors (Lipinski definition) is 5. The van der Waals surface area contributed by atoms with Crippen molar-refractivity contribution in [3.05, 3.63) is 42.1 Å². The summed E-state index contributed by atoms with van der Waals surface area (Å²) in [6, 6.07) is 8.96. The summed E-state index contributed by atoms with van der Waals surface area (Å²) in [7, 11) is 1.33. The van der Waals surface area contributed by atoms with Crippen LogP contribution in [0, 0.1) is 0 Å². The molecule has 0 radical (unpaired) electrons. The lowest BCUT2D eigenvalue weighted by molar-refractivity contribution is 0.0601. The van der Waals surface area contributed by atoms with E-state index in [9.17, 15) is 4.79 Å². The number of aromatic nitrogens is 1. The molecular formula is C15H16N2O3. The van der Waals surface area contributed by atoms with Crippen molar-refractivity contribution in [1.82, 2.24) is 4.98 Å². The highest BCUT2D eigenvalue weighted by atomic mass is 16.5. The molecule has 0 unspecified atom stereocenters. The zero-order valence-corrected chi connectivity index (χ0v) is 11.4. The fraction of sp³-hybridized carbons (Fsp3) is 0.200. The topological polar surface area (TPSA) is 74.4 Å². The minimum absolute atomic E-state index is 0.267. The number of nitrogen functional groups attached to an aromatic ring is 1. The van der Waals surface area contributed by atoms with Crippen molar-refractivity contribution < 1.29 is 14.3 Å². The Bertz CT molecular complexity index is 626. The fourth-order valence-corrected chi connectivity index (χ4v) is 1.94. The number of anilines is 1. The van der Waals surface area contributed by atoms with Gasteiger partial charge in [0.25, 0.3) is 0 Å². The summed E-state index contributed by atoms with van der Waals surface area (Å²) < 4.78 is 10.4. The van der Waals surface area contributed by atoms with Crippen LogP contribution in [0.5, 0.6) is 5.75 Å². The molecule has 0 fully saturated rings. The number of rotatable bonds is 4. The Balaban J connectivity index is 2.60. The molecule has 0 amide bonds. The minimum Gasteiger partial charge on any atom is -0.493 e. The smallest absolute Gasteiger partial charge is 0.338 e. The Morgan fingerprint density at radius 3 is 2.75 bits per heavy atom. The first-order valence-electron chi connectivity index (χ1n) is 6.23. The summed E-state index contributed by atoms with van der Waals surface area (Å²) in [4.78, 5) is 15.9. The highest BCUT2D eigenvalue weighted by Crippen LogP contribution is 2.32. The van der Waals surface area contributed by atoms with Gasteiger partial charge in [-0.05, 0) is 19.1 Å². The first kappa shape index (κ1) is 13.9. The zero-order chi connectivity index (χ0) is 14.5. The van der Waals surface area contributed by atoms with Gasteiger partial charge in [0.05, 0.1) is 19.3 Å². The summed E-state index contributed by atoms with van der Waals surface area (Å²) in [5, 5.41) is 0. The Kier molecular flexibility index (Phi) is 4.20. The number of para-hydroxylation sites is 1. The molecule has 0 saturated heterocycles. The van der Waals surface area contributed by atoms with Crippen LogP contribution in [0.2, 0.25) is 0 Å². The standard InChI is InChI=1S/C15H16N2O3/c1-3-20-13-7-5-4-6-10(13)12-9-17-14(16)8-11(12)15(18)19-2/h4-9H,3H2,1-2H3,(H2,16,17). The lowest BCUT2D eigenvalue weighted by atomic mass is 10.0. The number of methoxy groups -OCH3 is 1. The van der Waals surface area contributed by atoms with Crippen LogP contribution in [-0.4, -0.2) is 24.7 Å². The molecule has 1 aromatic heterocycles. The molecule has 1 aromatic carbocycles. The second-order valence-corrected chi connectivity index (χ2v) is 4.08. The van der Waals surface area contributed by atoms with Crippen LogP contribution in [0.4, 0.5) is 5.82 Å². The molecule has 5 heteroatoms. The van der Waals surface area contributed by atoms with E-state index in [0.29, 0.717) is 23.5 Å². The van der Waals surface area contributed by atoms with E-state index in [0.717, 1.165) is 5.56 Å². The highest BCUT2D eigenvalue weighted by molar-refractivity contribution is 5.98. The first-order chi connectivity index (χ1) is 9.67. The van der Waals surface area contributed by atoms with Gasteiger partial charge in [-0.15, -0.1) is 0 Å². The van der Waals surface area contributed by atoms with Crippen molar-refractivity contribution >= 4 is 11.8 Å². The van der Waals surface area contributed by atoms with E-state index in [1.807, 2.05) is 31.2 Å². The van der Waals surface area contributed by atoms with Gasteiger partial charge >= 0.3 is 5.97 Å². The predicted octanol–water partition coefficient (Wildman–Crippen LogP) is 2.52. The van der Waals surface area contributed by atoms with Crippen LogP contribution in [0.15, 0.2) is 36.5 Å². The molecule has 0 spiro atoms. The number of benzene rings is 1. The molecule has 0 saturated carbocycles. The van der Waals surface area contributed by atoms with Crippen LogP contribution in [0.25, 0.3) is 11.1 Å². The quantitative estimate of drug-likeness (QED) is 0.866. The molecule has 1 heterocycles. The Labute approximate surface area is 117 Å². The largest absolute Gasteiger partial charge is 0.493 e. The molecule has 2 N–H and O–H groups in total. The molecule has 0 aliphatic heterocycles. The van der Waals surface area contributed by atoms with Crippen LogP contribution >= 0.6 is 0 Å². The van der Waals surface area contributed by atoms with Crippen LogP contribution in [0.1, 0.15) is 17.3 Å². The Morgan fingerprint density at radius 2 is 2.05 bits per heavy atom. The molecule has 0 aliphatic rings. The molecule has 0 aliphatic carbocycles. The fourth-order valence-electron chi connectivity index (χ4n) is 1.94. The molecule has 5 nitrogen and oxygen atoms in total. The number of ether oxygens (including phenoxy) is 2. The van der Waals surface area contributed by atoms with Gasteiger partial charge in [0.15, 0.2) is 0 Å². The van der Waals surface area contributed by atoms with Gasteiger partial charge in [0, 0.05) is 17.3 Å². The number of nitrogens with zero attached hydrogens (tertiary/aromatic N) is 1. The highest BCUT2D eigenvalue weighted by Gasteiger charge is 2.17. The van der Waals surface area contributed by atoms with Gasteiger partial charge in [-0.2, -0.15) is 0 Å². The van der Waals surface area contributed by atoms with E-state index in [1.165, 1.54) is 13.2 Å².